The number of rotatable bonds is 4. The first-order valence-electron chi connectivity index (χ1n) is 7.82. The summed E-state index contributed by atoms with van der Waals surface area (Å²) < 4.78 is 13.2. The van der Waals surface area contributed by atoms with Gasteiger partial charge in [0, 0.05) is 17.8 Å². The van der Waals surface area contributed by atoms with Gasteiger partial charge in [-0.25, -0.2) is 4.39 Å². The molecule has 0 fully saturated rings. The second-order valence-corrected chi connectivity index (χ2v) is 6.69. The van der Waals surface area contributed by atoms with Gasteiger partial charge >= 0.3 is 0 Å². The maximum absolute atomic E-state index is 13.2. The van der Waals surface area contributed by atoms with Crippen molar-refractivity contribution in [1.82, 2.24) is 4.90 Å². The number of thiophene rings is 1. The highest BCUT2D eigenvalue weighted by molar-refractivity contribution is 7.10. The monoisotopic (exact) mass is 317 g/mol. The van der Waals surface area contributed by atoms with Crippen molar-refractivity contribution in [3.05, 3.63) is 57.5 Å². The number of hydrogen-bond acceptors (Lipinski definition) is 2. The van der Waals surface area contributed by atoms with E-state index in [1.807, 2.05) is 4.90 Å². The van der Waals surface area contributed by atoms with Gasteiger partial charge in [0.2, 0.25) is 5.91 Å². The Morgan fingerprint density at radius 1 is 1.32 bits per heavy atom. The SMILES string of the molecule is CCCCC(=O)N1CCc2sccc2[C@H]1c1ccc(F)cc1. The number of amides is 1. The molecule has 0 spiro atoms. The van der Waals surface area contributed by atoms with Crippen LogP contribution >= 0.6 is 11.3 Å². The molecule has 0 saturated heterocycles. The summed E-state index contributed by atoms with van der Waals surface area (Å²) in [6.07, 6.45) is 3.45. The Balaban J connectivity index is 1.95. The van der Waals surface area contributed by atoms with Gasteiger partial charge in [0.15, 0.2) is 0 Å². The van der Waals surface area contributed by atoms with Gasteiger partial charge in [-0.3, -0.25) is 4.79 Å². The van der Waals surface area contributed by atoms with Crippen molar-refractivity contribution in [3.8, 4) is 0 Å². The van der Waals surface area contributed by atoms with Gasteiger partial charge in [0.05, 0.1) is 6.04 Å². The molecule has 0 N–H and O–H groups in total. The molecule has 2 nitrogen and oxygen atoms in total. The third kappa shape index (κ3) is 2.93. The molecule has 1 aromatic carbocycles. The van der Waals surface area contributed by atoms with Crippen LogP contribution in [0.4, 0.5) is 4.39 Å². The smallest absolute Gasteiger partial charge is 0.223 e. The third-order valence-corrected chi connectivity index (χ3v) is 5.21. The quantitative estimate of drug-likeness (QED) is 0.810. The molecule has 0 radical (unpaired) electrons. The van der Waals surface area contributed by atoms with Crippen molar-refractivity contribution in [2.75, 3.05) is 6.54 Å². The molecule has 0 bridgehead atoms. The summed E-state index contributed by atoms with van der Waals surface area (Å²) in [4.78, 5) is 15.9. The summed E-state index contributed by atoms with van der Waals surface area (Å²) in [7, 11) is 0. The van der Waals surface area contributed by atoms with E-state index < -0.39 is 0 Å². The number of hydrogen-bond donors (Lipinski definition) is 0. The van der Waals surface area contributed by atoms with E-state index in [-0.39, 0.29) is 17.8 Å². The molecule has 4 heteroatoms. The van der Waals surface area contributed by atoms with Gasteiger partial charge in [-0.2, -0.15) is 0 Å². The van der Waals surface area contributed by atoms with Gasteiger partial charge in [0.25, 0.3) is 0 Å². The Morgan fingerprint density at radius 2 is 2.09 bits per heavy atom. The van der Waals surface area contributed by atoms with Crippen LogP contribution in [0.3, 0.4) is 0 Å². The van der Waals surface area contributed by atoms with Crippen LogP contribution in [0.25, 0.3) is 0 Å². The van der Waals surface area contributed by atoms with E-state index in [1.54, 1.807) is 23.5 Å². The van der Waals surface area contributed by atoms with Crippen LogP contribution in [-0.2, 0) is 11.2 Å². The number of nitrogens with zero attached hydrogens (tertiary/aromatic N) is 1. The van der Waals surface area contributed by atoms with Gasteiger partial charge in [0.1, 0.15) is 5.82 Å². The fraction of sp³-hybridized carbons (Fsp3) is 0.389. The lowest BCUT2D eigenvalue weighted by Crippen LogP contribution is -2.40. The van der Waals surface area contributed by atoms with Crippen molar-refractivity contribution < 1.29 is 9.18 Å². The summed E-state index contributed by atoms with van der Waals surface area (Å²) in [6.45, 7) is 2.84. The molecule has 1 aliphatic heterocycles. The van der Waals surface area contributed by atoms with Crippen LogP contribution in [-0.4, -0.2) is 17.4 Å². The fourth-order valence-corrected chi connectivity index (χ4v) is 3.97. The standard InChI is InChI=1S/C18H20FNOS/c1-2-3-4-17(21)20-11-9-16-15(10-12-22-16)18(20)13-5-7-14(19)8-6-13/h5-8,10,12,18H,2-4,9,11H2,1H3/t18-/m1/s1. The predicted molar refractivity (Wildman–Crippen MR) is 87.5 cm³/mol. The number of carbonyl (C=O) groups excluding carboxylic acids is 1. The van der Waals surface area contributed by atoms with Crippen LogP contribution in [0.5, 0.6) is 0 Å². The van der Waals surface area contributed by atoms with Gasteiger partial charge < -0.3 is 4.90 Å². The number of unbranched alkanes of at least 4 members (excludes halogenated alkanes) is 1. The van der Waals surface area contributed by atoms with E-state index in [0.29, 0.717) is 6.42 Å². The van der Waals surface area contributed by atoms with Crippen LogP contribution in [0.15, 0.2) is 35.7 Å². The Kier molecular flexibility index (Phi) is 4.57. The summed E-state index contributed by atoms with van der Waals surface area (Å²) in [5, 5.41) is 2.08. The highest BCUT2D eigenvalue weighted by Gasteiger charge is 2.32. The molecule has 1 atom stereocenters. The second-order valence-electron chi connectivity index (χ2n) is 5.69. The zero-order chi connectivity index (χ0) is 15.5. The van der Waals surface area contributed by atoms with Crippen molar-refractivity contribution in [3.63, 3.8) is 0 Å². The molecular formula is C18H20FNOS. The zero-order valence-electron chi connectivity index (χ0n) is 12.7. The van der Waals surface area contributed by atoms with Gasteiger partial charge in [-0.05, 0) is 47.5 Å². The first-order valence-corrected chi connectivity index (χ1v) is 8.70. The fourth-order valence-electron chi connectivity index (χ4n) is 3.06. The minimum Gasteiger partial charge on any atom is -0.331 e. The molecule has 1 amide bonds. The van der Waals surface area contributed by atoms with E-state index in [4.69, 9.17) is 0 Å². The summed E-state index contributed by atoms with van der Waals surface area (Å²) in [5.41, 5.74) is 2.19. The largest absolute Gasteiger partial charge is 0.331 e. The van der Waals surface area contributed by atoms with Crippen LogP contribution in [0, 0.1) is 5.82 Å². The number of halogens is 1. The lowest BCUT2D eigenvalue weighted by atomic mass is 9.93. The van der Waals surface area contributed by atoms with E-state index >= 15 is 0 Å². The van der Waals surface area contributed by atoms with E-state index in [1.165, 1.54) is 22.6 Å². The van der Waals surface area contributed by atoms with Crippen LogP contribution in [0.1, 0.15) is 48.2 Å². The Morgan fingerprint density at radius 3 is 2.82 bits per heavy atom. The summed E-state index contributed by atoms with van der Waals surface area (Å²) in [5.74, 6) is -0.0398. The summed E-state index contributed by atoms with van der Waals surface area (Å²) in [6, 6.07) is 8.59. The molecule has 1 aliphatic rings. The lowest BCUT2D eigenvalue weighted by molar-refractivity contribution is -0.133. The van der Waals surface area contributed by atoms with Crippen molar-refractivity contribution in [1.29, 1.82) is 0 Å². The lowest BCUT2D eigenvalue weighted by Gasteiger charge is -2.36. The second kappa shape index (κ2) is 6.61. The van der Waals surface area contributed by atoms with Crippen LogP contribution in [0.2, 0.25) is 0 Å². The molecule has 0 unspecified atom stereocenters. The molecule has 116 valence electrons. The first kappa shape index (κ1) is 15.2. The molecule has 0 saturated carbocycles. The molecule has 1 aromatic heterocycles. The van der Waals surface area contributed by atoms with E-state index in [2.05, 4.69) is 18.4 Å². The molecule has 22 heavy (non-hydrogen) atoms. The average Bonchev–Trinajstić information content (AvgIpc) is 3.01. The van der Waals surface area contributed by atoms with Gasteiger partial charge in [-0.15, -0.1) is 11.3 Å². The van der Waals surface area contributed by atoms with Crippen molar-refractivity contribution in [2.45, 2.75) is 38.6 Å². The highest BCUT2D eigenvalue weighted by atomic mass is 32.1. The molecule has 0 aliphatic carbocycles. The average molecular weight is 317 g/mol. The minimum atomic E-state index is -0.242. The van der Waals surface area contributed by atoms with E-state index in [0.717, 1.165) is 31.4 Å². The number of carbonyl (C=O) groups is 1. The number of benzene rings is 1. The third-order valence-electron chi connectivity index (χ3n) is 4.22. The normalized spacial score (nSPS) is 17.4. The molecule has 2 heterocycles. The maximum Gasteiger partial charge on any atom is 0.223 e. The molecular weight excluding hydrogens is 297 g/mol. The Bertz CT molecular complexity index is 649. The number of fused-ring (bicyclic) bond motifs is 1. The van der Waals surface area contributed by atoms with Crippen LogP contribution < -0.4 is 0 Å². The zero-order valence-corrected chi connectivity index (χ0v) is 13.5. The molecule has 3 rings (SSSR count). The molecule has 2 aromatic rings. The van der Waals surface area contributed by atoms with Crippen molar-refractivity contribution in [2.24, 2.45) is 0 Å². The van der Waals surface area contributed by atoms with E-state index in [9.17, 15) is 9.18 Å². The topological polar surface area (TPSA) is 20.3 Å². The predicted octanol–water partition coefficient (Wildman–Crippen LogP) is 4.55. The Hall–Kier alpha value is -1.68. The maximum atomic E-state index is 13.2. The minimum absolute atomic E-state index is 0.0695. The Labute approximate surface area is 134 Å². The summed E-state index contributed by atoms with van der Waals surface area (Å²) >= 11 is 1.75. The van der Waals surface area contributed by atoms with Crippen molar-refractivity contribution >= 4 is 17.2 Å². The highest BCUT2D eigenvalue weighted by Crippen LogP contribution is 2.38. The van der Waals surface area contributed by atoms with Gasteiger partial charge in [-0.1, -0.05) is 25.5 Å². The first-order chi connectivity index (χ1) is 10.7.